The van der Waals surface area contributed by atoms with E-state index in [9.17, 15) is 23.3 Å². The molecule has 0 aromatic heterocycles. The van der Waals surface area contributed by atoms with E-state index in [4.69, 9.17) is 4.74 Å². The molecule has 0 aliphatic rings. The first-order chi connectivity index (χ1) is 15.8. The van der Waals surface area contributed by atoms with Crippen molar-refractivity contribution in [2.24, 2.45) is 5.10 Å². The lowest BCUT2D eigenvalue weighted by Crippen LogP contribution is -2.39. The van der Waals surface area contributed by atoms with Crippen molar-refractivity contribution in [2.45, 2.75) is 4.90 Å². The number of para-hydroxylation sites is 2. The van der Waals surface area contributed by atoms with Gasteiger partial charge in [-0.15, -0.1) is 0 Å². The van der Waals surface area contributed by atoms with Crippen LogP contribution in [-0.2, 0) is 14.8 Å². The van der Waals surface area contributed by atoms with Crippen LogP contribution in [0.1, 0.15) is 5.56 Å². The average Bonchev–Trinajstić information content (AvgIpc) is 2.83. The Kier molecular flexibility index (Phi) is 7.36. The van der Waals surface area contributed by atoms with E-state index in [0.717, 1.165) is 4.31 Å². The van der Waals surface area contributed by atoms with Crippen LogP contribution in [0.25, 0.3) is 0 Å². The number of rotatable bonds is 9. The maximum absolute atomic E-state index is 13.3. The minimum atomic E-state index is -4.10. The van der Waals surface area contributed by atoms with Crippen LogP contribution < -0.4 is 14.5 Å². The van der Waals surface area contributed by atoms with Crippen molar-refractivity contribution in [3.05, 3.63) is 94.5 Å². The zero-order chi connectivity index (χ0) is 23.8. The van der Waals surface area contributed by atoms with Gasteiger partial charge in [-0.1, -0.05) is 30.3 Å². The highest BCUT2D eigenvalue weighted by Gasteiger charge is 2.29. The molecular formula is C22H20N4O6S. The van der Waals surface area contributed by atoms with Gasteiger partial charge in [0, 0.05) is 12.1 Å². The number of amides is 1. The first kappa shape index (κ1) is 23.4. The van der Waals surface area contributed by atoms with E-state index in [-0.39, 0.29) is 22.0 Å². The number of hydrogen-bond acceptors (Lipinski definition) is 7. The van der Waals surface area contributed by atoms with Crippen LogP contribution in [-0.4, -0.2) is 39.1 Å². The van der Waals surface area contributed by atoms with Gasteiger partial charge >= 0.3 is 0 Å². The number of non-ortho nitro benzene ring substituents is 1. The number of carbonyl (C=O) groups is 1. The standard InChI is InChI=1S/C22H20N4O6S/c1-32-21-10-6-5-9-20(21)25(33(30,31)19-7-3-2-4-8-19)16-22(27)24-23-15-17-11-13-18(14-12-17)26(28)29/h2-15H,16H2,1H3,(H,24,27)/b23-15-. The molecule has 3 aromatic carbocycles. The van der Waals surface area contributed by atoms with Crippen molar-refractivity contribution in [3.63, 3.8) is 0 Å². The molecule has 0 unspecified atom stereocenters. The van der Waals surface area contributed by atoms with Gasteiger partial charge in [-0.2, -0.15) is 5.10 Å². The Morgan fingerprint density at radius 1 is 1.06 bits per heavy atom. The van der Waals surface area contributed by atoms with Gasteiger partial charge in [0.2, 0.25) is 0 Å². The van der Waals surface area contributed by atoms with E-state index in [2.05, 4.69) is 10.5 Å². The minimum absolute atomic E-state index is 0.0121. The molecule has 33 heavy (non-hydrogen) atoms. The van der Waals surface area contributed by atoms with E-state index in [1.807, 2.05) is 0 Å². The Balaban J connectivity index is 1.83. The minimum Gasteiger partial charge on any atom is -0.495 e. The van der Waals surface area contributed by atoms with Crippen LogP contribution in [0.3, 0.4) is 0 Å². The third-order valence-electron chi connectivity index (χ3n) is 4.48. The molecule has 0 atom stereocenters. The molecule has 0 heterocycles. The second-order valence-corrected chi connectivity index (χ2v) is 8.50. The van der Waals surface area contributed by atoms with Crippen LogP contribution in [0.15, 0.2) is 88.9 Å². The van der Waals surface area contributed by atoms with Crippen LogP contribution in [0.4, 0.5) is 11.4 Å². The molecule has 3 aromatic rings. The Labute approximate surface area is 190 Å². The van der Waals surface area contributed by atoms with E-state index in [0.29, 0.717) is 5.56 Å². The maximum Gasteiger partial charge on any atom is 0.269 e. The monoisotopic (exact) mass is 468 g/mol. The number of hydrogen-bond donors (Lipinski definition) is 1. The Morgan fingerprint density at radius 2 is 1.70 bits per heavy atom. The number of methoxy groups -OCH3 is 1. The number of nitro groups is 1. The number of nitrogens with one attached hydrogen (secondary N) is 1. The van der Waals surface area contributed by atoms with Crippen LogP contribution in [0.2, 0.25) is 0 Å². The summed E-state index contributed by atoms with van der Waals surface area (Å²) in [6.45, 7) is -0.560. The lowest BCUT2D eigenvalue weighted by atomic mass is 10.2. The van der Waals surface area contributed by atoms with Gasteiger partial charge in [-0.25, -0.2) is 13.8 Å². The summed E-state index contributed by atoms with van der Waals surface area (Å²) in [6.07, 6.45) is 1.29. The fraction of sp³-hybridized carbons (Fsp3) is 0.0909. The number of anilines is 1. The summed E-state index contributed by atoms with van der Waals surface area (Å²) < 4.78 is 32.9. The summed E-state index contributed by atoms with van der Waals surface area (Å²) in [4.78, 5) is 22.8. The second kappa shape index (κ2) is 10.4. The molecule has 1 N–H and O–H groups in total. The van der Waals surface area contributed by atoms with E-state index >= 15 is 0 Å². The van der Waals surface area contributed by atoms with Gasteiger partial charge < -0.3 is 4.74 Å². The number of nitrogens with zero attached hydrogens (tertiary/aromatic N) is 3. The number of ether oxygens (including phenoxy) is 1. The highest BCUT2D eigenvalue weighted by Crippen LogP contribution is 2.32. The Bertz CT molecular complexity index is 1260. The first-order valence-corrected chi connectivity index (χ1v) is 11.0. The Morgan fingerprint density at radius 3 is 2.33 bits per heavy atom. The second-order valence-electron chi connectivity index (χ2n) is 6.64. The third kappa shape index (κ3) is 5.71. The molecule has 170 valence electrons. The van der Waals surface area contributed by atoms with Gasteiger partial charge in [0.15, 0.2) is 0 Å². The van der Waals surface area contributed by atoms with Crippen molar-refractivity contribution < 1.29 is 22.9 Å². The summed E-state index contributed by atoms with van der Waals surface area (Å²) in [5.41, 5.74) is 2.91. The molecule has 0 aliphatic carbocycles. The fourth-order valence-electron chi connectivity index (χ4n) is 2.88. The fourth-order valence-corrected chi connectivity index (χ4v) is 4.33. The van der Waals surface area contributed by atoms with E-state index in [1.165, 1.54) is 55.8 Å². The highest BCUT2D eigenvalue weighted by molar-refractivity contribution is 7.92. The molecule has 1 amide bonds. The van der Waals surface area contributed by atoms with Crippen LogP contribution >= 0.6 is 0 Å². The summed E-state index contributed by atoms with van der Waals surface area (Å²) in [6, 6.07) is 19.7. The van der Waals surface area contributed by atoms with Crippen molar-refractivity contribution in [1.82, 2.24) is 5.43 Å². The molecule has 0 bridgehead atoms. The average molecular weight is 468 g/mol. The SMILES string of the molecule is COc1ccccc1N(CC(=O)N/N=C\c1ccc([N+](=O)[O-])cc1)S(=O)(=O)c1ccccc1. The molecular weight excluding hydrogens is 448 g/mol. The normalized spacial score (nSPS) is 11.2. The summed E-state index contributed by atoms with van der Waals surface area (Å²) in [7, 11) is -2.69. The quantitative estimate of drug-likeness (QED) is 0.292. The molecule has 0 fully saturated rings. The predicted octanol–water partition coefficient (Wildman–Crippen LogP) is 2.95. The molecule has 0 saturated carbocycles. The number of carbonyl (C=O) groups excluding carboxylic acids is 1. The largest absolute Gasteiger partial charge is 0.495 e. The van der Waals surface area contributed by atoms with Crippen LogP contribution in [0.5, 0.6) is 5.75 Å². The lowest BCUT2D eigenvalue weighted by Gasteiger charge is -2.25. The number of benzene rings is 3. The van der Waals surface area contributed by atoms with E-state index < -0.39 is 27.4 Å². The third-order valence-corrected chi connectivity index (χ3v) is 6.25. The molecule has 0 spiro atoms. The van der Waals surface area contributed by atoms with Gasteiger partial charge in [-0.3, -0.25) is 19.2 Å². The molecule has 11 heteroatoms. The van der Waals surface area contributed by atoms with Gasteiger partial charge in [0.25, 0.3) is 21.6 Å². The van der Waals surface area contributed by atoms with Crippen molar-refractivity contribution in [1.29, 1.82) is 0 Å². The van der Waals surface area contributed by atoms with Crippen molar-refractivity contribution >= 4 is 33.5 Å². The number of sulfonamides is 1. The predicted molar refractivity (Wildman–Crippen MR) is 123 cm³/mol. The molecule has 3 rings (SSSR count). The summed E-state index contributed by atoms with van der Waals surface area (Å²) in [5, 5.41) is 14.5. The van der Waals surface area contributed by atoms with Crippen molar-refractivity contribution in [2.75, 3.05) is 18.0 Å². The summed E-state index contributed by atoms with van der Waals surface area (Å²) >= 11 is 0. The van der Waals surface area contributed by atoms with Gasteiger partial charge in [-0.05, 0) is 42.0 Å². The smallest absolute Gasteiger partial charge is 0.269 e. The molecule has 0 aliphatic heterocycles. The van der Waals surface area contributed by atoms with E-state index in [1.54, 1.807) is 36.4 Å². The van der Waals surface area contributed by atoms with Crippen LogP contribution in [0, 0.1) is 10.1 Å². The zero-order valence-corrected chi connectivity index (χ0v) is 18.3. The highest BCUT2D eigenvalue weighted by atomic mass is 32.2. The van der Waals surface area contributed by atoms with Gasteiger partial charge in [0.05, 0.1) is 28.8 Å². The maximum atomic E-state index is 13.3. The molecule has 10 nitrogen and oxygen atoms in total. The molecule has 0 radical (unpaired) electrons. The first-order valence-electron chi connectivity index (χ1n) is 9.60. The van der Waals surface area contributed by atoms with Gasteiger partial charge in [0.1, 0.15) is 12.3 Å². The topological polar surface area (TPSA) is 131 Å². The van der Waals surface area contributed by atoms with Crippen molar-refractivity contribution in [3.8, 4) is 5.75 Å². The zero-order valence-electron chi connectivity index (χ0n) is 17.5. The summed E-state index contributed by atoms with van der Waals surface area (Å²) in [5.74, 6) is -0.419. The Hall–Kier alpha value is -4.25. The molecule has 0 saturated heterocycles. The number of nitro benzene ring substituents is 1. The lowest BCUT2D eigenvalue weighted by molar-refractivity contribution is -0.384. The number of hydrazone groups is 1.